The predicted octanol–water partition coefficient (Wildman–Crippen LogP) is 5.92. The van der Waals surface area contributed by atoms with Gasteiger partial charge in [0.25, 0.3) is 5.91 Å². The molecule has 6 nitrogen and oxygen atoms in total. The average Bonchev–Trinajstić information content (AvgIpc) is 3.21. The molecule has 3 aromatic rings. The highest BCUT2D eigenvalue weighted by Gasteiger charge is 2.24. The lowest BCUT2D eigenvalue weighted by atomic mass is 9.86. The van der Waals surface area contributed by atoms with Crippen LogP contribution >= 0.6 is 11.3 Å². The summed E-state index contributed by atoms with van der Waals surface area (Å²) in [5.41, 5.74) is 2.74. The predicted molar refractivity (Wildman–Crippen MR) is 132 cm³/mol. The third kappa shape index (κ3) is 5.93. The average molecular weight is 468 g/mol. The lowest BCUT2D eigenvalue weighted by Crippen LogP contribution is -2.22. The van der Waals surface area contributed by atoms with E-state index in [4.69, 9.17) is 14.2 Å². The Morgan fingerprint density at radius 1 is 1.03 bits per heavy atom. The summed E-state index contributed by atoms with van der Waals surface area (Å²) >= 11 is 1.27. The molecule has 1 amide bonds. The van der Waals surface area contributed by atoms with E-state index in [1.807, 2.05) is 53.9 Å². The number of methoxy groups -OCH3 is 1. The number of carbonyl (C=O) groups excluding carboxylic acids is 2. The molecule has 33 heavy (non-hydrogen) atoms. The van der Waals surface area contributed by atoms with Gasteiger partial charge < -0.3 is 19.5 Å². The lowest BCUT2D eigenvalue weighted by Gasteiger charge is -2.22. The van der Waals surface area contributed by atoms with E-state index < -0.39 is 5.97 Å². The third-order valence-electron chi connectivity index (χ3n) is 4.98. The maximum Gasteiger partial charge on any atom is 0.341 e. The van der Waals surface area contributed by atoms with E-state index in [2.05, 4.69) is 26.1 Å². The summed E-state index contributed by atoms with van der Waals surface area (Å²) in [6, 6.07) is 15.0. The zero-order valence-electron chi connectivity index (χ0n) is 19.6. The summed E-state index contributed by atoms with van der Waals surface area (Å²) in [6.07, 6.45) is 0. The van der Waals surface area contributed by atoms with Crippen LogP contribution in [-0.2, 0) is 14.9 Å². The van der Waals surface area contributed by atoms with Crippen LogP contribution in [0.5, 0.6) is 11.5 Å². The van der Waals surface area contributed by atoms with E-state index in [0.29, 0.717) is 27.6 Å². The summed E-state index contributed by atoms with van der Waals surface area (Å²) in [5, 5.41) is 5.08. The zero-order valence-corrected chi connectivity index (χ0v) is 20.4. The Labute approximate surface area is 198 Å². The van der Waals surface area contributed by atoms with Gasteiger partial charge in [0.1, 0.15) is 22.1 Å². The monoisotopic (exact) mass is 467 g/mol. The maximum atomic E-state index is 12.7. The number of hydrogen-bond donors (Lipinski definition) is 1. The minimum Gasteiger partial charge on any atom is -0.497 e. The van der Waals surface area contributed by atoms with E-state index in [1.54, 1.807) is 14.0 Å². The molecule has 0 saturated heterocycles. The number of nitrogens with one attached hydrogen (secondary N) is 1. The normalized spacial score (nSPS) is 11.1. The van der Waals surface area contributed by atoms with Gasteiger partial charge in [-0.3, -0.25) is 4.79 Å². The molecule has 0 unspecified atom stereocenters. The van der Waals surface area contributed by atoms with E-state index in [-0.39, 0.29) is 24.5 Å². The van der Waals surface area contributed by atoms with Crippen molar-refractivity contribution in [3.8, 4) is 22.6 Å². The summed E-state index contributed by atoms with van der Waals surface area (Å²) in [4.78, 5) is 25.4. The van der Waals surface area contributed by atoms with Gasteiger partial charge in [-0.1, -0.05) is 51.1 Å². The van der Waals surface area contributed by atoms with Crippen LogP contribution in [0.15, 0.2) is 53.9 Å². The maximum absolute atomic E-state index is 12.7. The Hall–Kier alpha value is -3.32. The molecule has 1 aromatic heterocycles. The van der Waals surface area contributed by atoms with E-state index in [9.17, 15) is 9.59 Å². The number of anilines is 1. The minimum atomic E-state index is -0.487. The van der Waals surface area contributed by atoms with Gasteiger partial charge in [-0.15, -0.1) is 11.3 Å². The van der Waals surface area contributed by atoms with E-state index in [1.165, 1.54) is 11.3 Å². The molecule has 0 aliphatic carbocycles. The van der Waals surface area contributed by atoms with Crippen LogP contribution in [0, 0.1) is 0 Å². The number of ether oxygens (including phenoxy) is 3. The molecule has 2 aromatic carbocycles. The summed E-state index contributed by atoms with van der Waals surface area (Å²) in [7, 11) is 1.60. The van der Waals surface area contributed by atoms with Crippen LogP contribution in [0.4, 0.5) is 5.00 Å². The van der Waals surface area contributed by atoms with Crippen LogP contribution in [-0.4, -0.2) is 32.2 Å². The van der Waals surface area contributed by atoms with Gasteiger partial charge in [0.05, 0.1) is 13.7 Å². The Bertz CT molecular complexity index is 1110. The molecule has 0 atom stereocenters. The van der Waals surface area contributed by atoms with Crippen molar-refractivity contribution >= 4 is 28.2 Å². The van der Waals surface area contributed by atoms with Crippen LogP contribution in [0.1, 0.15) is 43.6 Å². The Morgan fingerprint density at radius 2 is 1.73 bits per heavy atom. The number of hydrogen-bond acceptors (Lipinski definition) is 6. The molecule has 3 rings (SSSR count). The highest BCUT2D eigenvalue weighted by molar-refractivity contribution is 7.15. The molecule has 0 aliphatic rings. The minimum absolute atomic E-state index is 0.120. The standard InChI is InChI=1S/C26H29NO5S/c1-6-31-25(29)23-19(17-11-13-18(30-5)14-12-17)16-33-24(23)27-22(28)15-32-21-10-8-7-9-20(21)26(2,3)4/h7-14,16H,6,15H2,1-5H3,(H,27,28). The molecule has 0 aliphatic heterocycles. The zero-order chi connectivity index (χ0) is 24.0. The van der Waals surface area contributed by atoms with Gasteiger partial charge in [0.2, 0.25) is 0 Å². The molecule has 7 heteroatoms. The quantitative estimate of drug-likeness (QED) is 0.417. The van der Waals surface area contributed by atoms with Crippen molar-refractivity contribution < 1.29 is 23.8 Å². The number of benzene rings is 2. The van der Waals surface area contributed by atoms with Crippen LogP contribution in [0.2, 0.25) is 0 Å². The summed E-state index contributed by atoms with van der Waals surface area (Å²) in [5.74, 6) is 0.537. The highest BCUT2D eigenvalue weighted by atomic mass is 32.1. The van der Waals surface area contributed by atoms with Gasteiger partial charge in [-0.05, 0) is 41.7 Å². The molecule has 0 radical (unpaired) electrons. The SMILES string of the molecule is CCOC(=O)c1c(-c2ccc(OC)cc2)csc1NC(=O)COc1ccccc1C(C)(C)C. The van der Waals surface area contributed by atoms with Crippen molar-refractivity contribution in [1.29, 1.82) is 0 Å². The molecular formula is C26H29NO5S. The van der Waals surface area contributed by atoms with Gasteiger partial charge in [-0.25, -0.2) is 4.79 Å². The second-order valence-corrected chi connectivity index (χ2v) is 9.27. The Kier molecular flexibility index (Phi) is 7.76. The van der Waals surface area contributed by atoms with E-state index >= 15 is 0 Å². The molecule has 1 N–H and O–H groups in total. The molecular weight excluding hydrogens is 438 g/mol. The van der Waals surface area contributed by atoms with E-state index in [0.717, 1.165) is 11.1 Å². The van der Waals surface area contributed by atoms with Crippen molar-refractivity contribution in [3.05, 3.63) is 65.0 Å². The highest BCUT2D eigenvalue weighted by Crippen LogP contribution is 2.37. The largest absolute Gasteiger partial charge is 0.497 e. The van der Waals surface area contributed by atoms with Crippen LogP contribution < -0.4 is 14.8 Å². The van der Waals surface area contributed by atoms with Crippen molar-refractivity contribution in [2.45, 2.75) is 33.1 Å². The van der Waals surface area contributed by atoms with Gasteiger partial charge in [-0.2, -0.15) is 0 Å². The van der Waals surface area contributed by atoms with Crippen LogP contribution in [0.3, 0.4) is 0 Å². The lowest BCUT2D eigenvalue weighted by molar-refractivity contribution is -0.118. The first kappa shape index (κ1) is 24.3. The fraction of sp³-hybridized carbons (Fsp3) is 0.308. The van der Waals surface area contributed by atoms with Crippen molar-refractivity contribution in [2.75, 3.05) is 25.6 Å². The fourth-order valence-corrected chi connectivity index (χ4v) is 4.33. The number of para-hydroxylation sites is 1. The first-order valence-corrected chi connectivity index (χ1v) is 11.6. The fourth-order valence-electron chi connectivity index (χ4n) is 3.36. The smallest absolute Gasteiger partial charge is 0.341 e. The first-order chi connectivity index (χ1) is 15.7. The Morgan fingerprint density at radius 3 is 2.36 bits per heavy atom. The van der Waals surface area contributed by atoms with Gasteiger partial charge in [0.15, 0.2) is 6.61 Å². The summed E-state index contributed by atoms with van der Waals surface area (Å²) < 4.78 is 16.3. The van der Waals surface area contributed by atoms with Crippen molar-refractivity contribution in [1.82, 2.24) is 0 Å². The summed E-state index contributed by atoms with van der Waals surface area (Å²) in [6.45, 7) is 8.08. The molecule has 174 valence electrons. The number of rotatable bonds is 8. The second-order valence-electron chi connectivity index (χ2n) is 8.39. The van der Waals surface area contributed by atoms with Crippen LogP contribution in [0.25, 0.3) is 11.1 Å². The molecule has 1 heterocycles. The molecule has 0 saturated carbocycles. The number of carbonyl (C=O) groups is 2. The van der Waals surface area contributed by atoms with Crippen molar-refractivity contribution in [2.24, 2.45) is 0 Å². The first-order valence-electron chi connectivity index (χ1n) is 10.7. The Balaban J connectivity index is 1.81. The number of amides is 1. The number of thiophene rings is 1. The number of esters is 1. The molecule has 0 spiro atoms. The third-order valence-corrected chi connectivity index (χ3v) is 5.87. The molecule has 0 bridgehead atoms. The van der Waals surface area contributed by atoms with Gasteiger partial charge >= 0.3 is 5.97 Å². The second kappa shape index (κ2) is 10.5. The van der Waals surface area contributed by atoms with Crippen molar-refractivity contribution in [3.63, 3.8) is 0 Å². The topological polar surface area (TPSA) is 73.9 Å². The van der Waals surface area contributed by atoms with Gasteiger partial charge in [0, 0.05) is 10.9 Å². The molecule has 0 fully saturated rings.